The minimum absolute atomic E-state index is 0.205. The van der Waals surface area contributed by atoms with Gasteiger partial charge in [0.2, 0.25) is 0 Å². The lowest BCUT2D eigenvalue weighted by Gasteiger charge is -2.20. The zero-order valence-corrected chi connectivity index (χ0v) is 19.0. The molecular weight excluding hydrogens is 400 g/mol. The number of halogens is 1. The fourth-order valence-corrected chi connectivity index (χ4v) is 3.71. The predicted octanol–water partition coefficient (Wildman–Crippen LogP) is 7.69. The molecule has 0 N–H and O–H groups in total. The van der Waals surface area contributed by atoms with Gasteiger partial charge in [0, 0.05) is 16.1 Å². The van der Waals surface area contributed by atoms with E-state index >= 15 is 0 Å². The van der Waals surface area contributed by atoms with Crippen molar-refractivity contribution in [3.05, 3.63) is 35.9 Å². The molecule has 0 spiro atoms. The molecule has 27 heavy (non-hydrogen) atoms. The number of rotatable bonds is 12. The Hall–Kier alpha value is -1.22. The van der Waals surface area contributed by atoms with Crippen LogP contribution in [0.15, 0.2) is 30.3 Å². The van der Waals surface area contributed by atoms with Gasteiger partial charge in [-0.3, -0.25) is 0 Å². The van der Waals surface area contributed by atoms with Crippen LogP contribution in [0.1, 0.15) is 64.9 Å². The number of benzene rings is 2. The molecule has 0 aromatic heterocycles. The van der Waals surface area contributed by atoms with Gasteiger partial charge in [0.05, 0.1) is 12.7 Å². The third-order valence-corrected chi connectivity index (χ3v) is 5.74. The van der Waals surface area contributed by atoms with Crippen LogP contribution in [0.25, 0.3) is 10.8 Å². The first-order valence-electron chi connectivity index (χ1n) is 10.5. The number of hydrogen-bond acceptors (Lipinski definition) is 2. The molecule has 3 heteroatoms. The molecule has 0 aliphatic heterocycles. The van der Waals surface area contributed by atoms with Crippen molar-refractivity contribution >= 4 is 26.7 Å². The summed E-state index contributed by atoms with van der Waals surface area (Å²) in [6.45, 7) is 9.58. The molecular formula is C24H35BrO2. The van der Waals surface area contributed by atoms with Crippen LogP contribution in [-0.2, 0) is 0 Å². The maximum Gasteiger partial charge on any atom is 0.127 e. The summed E-state index contributed by atoms with van der Waals surface area (Å²) in [5.41, 5.74) is 1.24. The zero-order valence-electron chi connectivity index (χ0n) is 17.4. The van der Waals surface area contributed by atoms with E-state index < -0.39 is 0 Å². The first-order valence-corrected chi connectivity index (χ1v) is 11.6. The van der Waals surface area contributed by atoms with Crippen molar-refractivity contribution in [3.8, 4) is 11.5 Å². The highest BCUT2D eigenvalue weighted by Gasteiger charge is 2.13. The first-order chi connectivity index (χ1) is 13.1. The Morgan fingerprint density at radius 2 is 1.74 bits per heavy atom. The molecule has 0 radical (unpaired) electrons. The Balaban J connectivity index is 2.20. The summed E-state index contributed by atoms with van der Waals surface area (Å²) in [7, 11) is 0. The standard InChI is InChI=1S/C24H35BrO2/c1-5-7-10-20(6-2)17-26-23-13-14-24(27-19(4)9-8-15-25)22-16-18(3)11-12-21(22)23/h11-14,16,19-20H,5-10,15,17H2,1-4H3. The number of ether oxygens (including phenoxy) is 2. The molecule has 0 bridgehead atoms. The van der Waals surface area contributed by atoms with E-state index in [2.05, 4.69) is 74.0 Å². The van der Waals surface area contributed by atoms with Gasteiger partial charge >= 0.3 is 0 Å². The van der Waals surface area contributed by atoms with Gasteiger partial charge in [0.1, 0.15) is 11.5 Å². The monoisotopic (exact) mass is 434 g/mol. The van der Waals surface area contributed by atoms with Crippen molar-refractivity contribution in [2.75, 3.05) is 11.9 Å². The van der Waals surface area contributed by atoms with Gasteiger partial charge in [-0.2, -0.15) is 0 Å². The fraction of sp³-hybridized carbons (Fsp3) is 0.583. The second-order valence-electron chi connectivity index (χ2n) is 7.60. The van der Waals surface area contributed by atoms with E-state index in [0.29, 0.717) is 5.92 Å². The second kappa shape index (κ2) is 11.6. The lowest BCUT2D eigenvalue weighted by molar-refractivity contribution is 0.212. The SMILES string of the molecule is CCCCC(CC)COc1ccc(OC(C)CCCBr)c2cc(C)ccc12. The third-order valence-electron chi connectivity index (χ3n) is 5.18. The summed E-state index contributed by atoms with van der Waals surface area (Å²) in [4.78, 5) is 0. The van der Waals surface area contributed by atoms with Crippen LogP contribution < -0.4 is 9.47 Å². The highest BCUT2D eigenvalue weighted by atomic mass is 79.9. The smallest absolute Gasteiger partial charge is 0.127 e. The lowest BCUT2D eigenvalue weighted by atomic mass is 10.0. The minimum Gasteiger partial charge on any atom is -0.493 e. The van der Waals surface area contributed by atoms with Crippen LogP contribution in [0.3, 0.4) is 0 Å². The Morgan fingerprint density at radius 1 is 0.963 bits per heavy atom. The fourth-order valence-electron chi connectivity index (χ4n) is 3.38. The van der Waals surface area contributed by atoms with Crippen LogP contribution in [0.2, 0.25) is 0 Å². The Kier molecular flexibility index (Phi) is 9.47. The van der Waals surface area contributed by atoms with Crippen LogP contribution in [0, 0.1) is 12.8 Å². The van der Waals surface area contributed by atoms with Gasteiger partial charge in [0.15, 0.2) is 0 Å². The maximum atomic E-state index is 6.27. The van der Waals surface area contributed by atoms with Crippen LogP contribution >= 0.6 is 15.9 Å². The van der Waals surface area contributed by atoms with Gasteiger partial charge in [-0.25, -0.2) is 0 Å². The molecule has 0 fully saturated rings. The van der Waals surface area contributed by atoms with E-state index in [-0.39, 0.29) is 6.10 Å². The molecule has 0 saturated heterocycles. The van der Waals surface area contributed by atoms with E-state index in [1.54, 1.807) is 0 Å². The molecule has 2 atom stereocenters. The van der Waals surface area contributed by atoms with Gasteiger partial charge in [0.25, 0.3) is 0 Å². The molecule has 2 unspecified atom stereocenters. The van der Waals surface area contributed by atoms with Crippen LogP contribution in [0.4, 0.5) is 0 Å². The number of alkyl halides is 1. The van der Waals surface area contributed by atoms with Crippen molar-refractivity contribution in [2.45, 2.75) is 72.3 Å². The molecule has 0 heterocycles. The quantitative estimate of drug-likeness (QED) is 0.318. The van der Waals surface area contributed by atoms with Crippen LogP contribution in [0.5, 0.6) is 11.5 Å². The van der Waals surface area contributed by atoms with Crippen LogP contribution in [-0.4, -0.2) is 18.0 Å². The average molecular weight is 435 g/mol. The van der Waals surface area contributed by atoms with Crippen molar-refractivity contribution in [1.29, 1.82) is 0 Å². The second-order valence-corrected chi connectivity index (χ2v) is 8.39. The number of unbranched alkanes of at least 4 members (excludes halogenated alkanes) is 1. The normalized spacial score (nSPS) is 13.5. The van der Waals surface area contributed by atoms with Crippen molar-refractivity contribution in [3.63, 3.8) is 0 Å². The number of fused-ring (bicyclic) bond motifs is 1. The molecule has 0 amide bonds. The molecule has 0 saturated carbocycles. The molecule has 0 aliphatic carbocycles. The topological polar surface area (TPSA) is 18.5 Å². The van der Waals surface area contributed by atoms with Crippen molar-refractivity contribution in [2.24, 2.45) is 5.92 Å². The van der Waals surface area contributed by atoms with E-state index in [1.165, 1.54) is 31.2 Å². The Labute approximate surface area is 173 Å². The van der Waals surface area contributed by atoms with E-state index in [4.69, 9.17) is 9.47 Å². The Bertz CT molecular complexity index is 698. The molecule has 2 nitrogen and oxygen atoms in total. The molecule has 2 aromatic carbocycles. The minimum atomic E-state index is 0.205. The summed E-state index contributed by atoms with van der Waals surface area (Å²) < 4.78 is 12.5. The van der Waals surface area contributed by atoms with E-state index in [1.807, 2.05) is 0 Å². The maximum absolute atomic E-state index is 6.27. The third kappa shape index (κ3) is 6.71. The highest BCUT2D eigenvalue weighted by Crippen LogP contribution is 2.35. The summed E-state index contributed by atoms with van der Waals surface area (Å²) in [6, 6.07) is 10.7. The summed E-state index contributed by atoms with van der Waals surface area (Å²) in [5.74, 6) is 2.56. The molecule has 150 valence electrons. The largest absolute Gasteiger partial charge is 0.493 e. The highest BCUT2D eigenvalue weighted by molar-refractivity contribution is 9.09. The van der Waals surface area contributed by atoms with Gasteiger partial charge in [-0.15, -0.1) is 0 Å². The van der Waals surface area contributed by atoms with E-state index in [0.717, 1.165) is 47.1 Å². The van der Waals surface area contributed by atoms with Gasteiger partial charge in [-0.05, 0) is 57.2 Å². The first kappa shape index (κ1) is 22.1. The Morgan fingerprint density at radius 3 is 2.44 bits per heavy atom. The molecule has 2 rings (SSSR count). The summed E-state index contributed by atoms with van der Waals surface area (Å²) in [5, 5.41) is 3.32. The number of hydrogen-bond donors (Lipinski definition) is 0. The van der Waals surface area contributed by atoms with Crippen molar-refractivity contribution in [1.82, 2.24) is 0 Å². The lowest BCUT2D eigenvalue weighted by Crippen LogP contribution is -2.13. The summed E-state index contributed by atoms with van der Waals surface area (Å²) >= 11 is 3.50. The summed E-state index contributed by atoms with van der Waals surface area (Å²) in [6.07, 6.45) is 7.32. The average Bonchev–Trinajstić information content (AvgIpc) is 2.67. The molecule has 0 aliphatic rings. The van der Waals surface area contributed by atoms with Gasteiger partial charge < -0.3 is 9.47 Å². The number of aryl methyl sites for hydroxylation is 1. The zero-order chi connectivity index (χ0) is 19.6. The predicted molar refractivity (Wildman–Crippen MR) is 121 cm³/mol. The van der Waals surface area contributed by atoms with E-state index in [9.17, 15) is 0 Å². The van der Waals surface area contributed by atoms with Gasteiger partial charge in [-0.1, -0.05) is 66.7 Å². The molecule has 2 aromatic rings. The van der Waals surface area contributed by atoms with Crippen molar-refractivity contribution < 1.29 is 9.47 Å².